The zero-order valence-corrected chi connectivity index (χ0v) is 30.3. The Hall–Kier alpha value is -2.33. The average Bonchev–Trinajstić information content (AvgIpc) is 3.36. The number of β-amino-alcohol motifs (C(OH)–C–C–N with tert-alkyl or cyclic N) is 1. The summed E-state index contributed by atoms with van der Waals surface area (Å²) in [5, 5.41) is 12.6. The molecule has 1 saturated heterocycles. The Morgan fingerprint density at radius 2 is 1.85 bits per heavy atom. The van der Waals surface area contributed by atoms with Gasteiger partial charge in [0.25, 0.3) is 5.91 Å². The molecule has 3 aliphatic heterocycles. The highest BCUT2D eigenvalue weighted by Gasteiger charge is 2.49. The van der Waals surface area contributed by atoms with Crippen LogP contribution in [0.2, 0.25) is 5.02 Å². The molecule has 0 aromatic heterocycles. The topological polar surface area (TPSA) is 99.2 Å². The second-order valence-electron chi connectivity index (χ2n) is 16.0. The van der Waals surface area contributed by atoms with Gasteiger partial charge in [0.1, 0.15) is 5.75 Å². The second-order valence-corrected chi connectivity index (χ2v) is 18.5. The van der Waals surface area contributed by atoms with E-state index in [1.807, 2.05) is 25.1 Å². The van der Waals surface area contributed by atoms with Crippen molar-refractivity contribution in [1.29, 1.82) is 0 Å². The van der Waals surface area contributed by atoms with Gasteiger partial charge < -0.3 is 19.6 Å². The summed E-state index contributed by atoms with van der Waals surface area (Å²) in [6.07, 6.45) is 8.21. The Morgan fingerprint density at radius 3 is 2.60 bits per heavy atom. The number of aryl methyl sites for hydroxylation is 1. The molecule has 48 heavy (non-hydrogen) atoms. The lowest BCUT2D eigenvalue weighted by molar-refractivity contribution is -0.103. The minimum atomic E-state index is -3.92. The molecule has 1 saturated carbocycles. The van der Waals surface area contributed by atoms with E-state index in [0.717, 1.165) is 75.3 Å². The van der Waals surface area contributed by atoms with Crippen LogP contribution in [0.1, 0.15) is 93.6 Å². The Balaban J connectivity index is 1.29. The van der Waals surface area contributed by atoms with Gasteiger partial charge in [0.2, 0.25) is 10.0 Å². The minimum absolute atomic E-state index is 0.144. The van der Waals surface area contributed by atoms with Crippen LogP contribution >= 0.6 is 11.6 Å². The van der Waals surface area contributed by atoms with Crippen molar-refractivity contribution in [2.75, 3.05) is 44.2 Å². The first-order chi connectivity index (χ1) is 22.9. The van der Waals surface area contributed by atoms with Gasteiger partial charge >= 0.3 is 0 Å². The third-order valence-electron chi connectivity index (χ3n) is 12.7. The molecule has 2 aromatic carbocycles. The molecule has 8 nitrogen and oxygen atoms in total. The first-order valence-corrected chi connectivity index (χ1v) is 20.1. The van der Waals surface area contributed by atoms with Crippen LogP contribution in [-0.2, 0) is 21.9 Å². The van der Waals surface area contributed by atoms with Gasteiger partial charge in [0.05, 0.1) is 23.1 Å². The number of hydrogen-bond donors (Lipinski definition) is 2. The quantitative estimate of drug-likeness (QED) is 0.387. The number of carbonyl (C=O) groups excluding carboxylic acids is 1. The van der Waals surface area contributed by atoms with Crippen molar-refractivity contribution in [1.82, 2.24) is 9.62 Å². The number of fused-ring (bicyclic) bond motifs is 4. The van der Waals surface area contributed by atoms with Crippen molar-refractivity contribution in [3.05, 3.63) is 58.1 Å². The molecule has 0 unspecified atom stereocenters. The zero-order chi connectivity index (χ0) is 33.8. The Kier molecular flexibility index (Phi) is 9.31. The van der Waals surface area contributed by atoms with E-state index in [1.165, 1.54) is 11.1 Å². The van der Waals surface area contributed by atoms with E-state index < -0.39 is 26.8 Å². The summed E-state index contributed by atoms with van der Waals surface area (Å²) < 4.78 is 36.0. The maximum absolute atomic E-state index is 13.5. The molecule has 2 aliphatic carbocycles. The fraction of sp³-hybridized carbons (Fsp3) is 0.658. The predicted molar refractivity (Wildman–Crippen MR) is 190 cm³/mol. The van der Waals surface area contributed by atoms with Gasteiger partial charge in [-0.05, 0) is 130 Å². The van der Waals surface area contributed by atoms with Gasteiger partial charge in [0.15, 0.2) is 0 Å². The number of likely N-dealkylation sites (tertiary alicyclic amines) is 1. The zero-order valence-electron chi connectivity index (χ0n) is 28.7. The van der Waals surface area contributed by atoms with Crippen molar-refractivity contribution >= 4 is 33.2 Å². The number of ether oxygens (including phenoxy) is 1. The largest absolute Gasteiger partial charge is 0.490 e. The number of halogens is 1. The molecule has 5 aliphatic rings. The second kappa shape index (κ2) is 13.1. The van der Waals surface area contributed by atoms with Crippen molar-refractivity contribution < 1.29 is 23.1 Å². The number of amides is 1. The smallest absolute Gasteiger partial charge is 0.264 e. The van der Waals surface area contributed by atoms with Crippen molar-refractivity contribution in [3.8, 4) is 5.75 Å². The summed E-state index contributed by atoms with van der Waals surface area (Å²) in [4.78, 5) is 18.4. The molecule has 2 bridgehead atoms. The van der Waals surface area contributed by atoms with Crippen LogP contribution in [0, 0.1) is 23.7 Å². The van der Waals surface area contributed by atoms with Crippen LogP contribution in [0.25, 0.3) is 0 Å². The molecule has 7 rings (SSSR count). The molecule has 1 spiro atoms. The number of rotatable bonds is 2. The molecule has 1 amide bonds. The monoisotopic (exact) mass is 697 g/mol. The molecule has 10 heteroatoms. The lowest BCUT2D eigenvalue weighted by Crippen LogP contribution is -2.56. The fourth-order valence-electron chi connectivity index (χ4n) is 9.52. The fourth-order valence-corrected chi connectivity index (χ4v) is 11.0. The SMILES string of the molecule is C[C@@H]1CCN(C[C@]2(O)CCC[C@H](C)[C@@H](C)S(=O)(=O)NC(=O)c3ccc4c(c3)N(C[C@@H]3CC[C@H]32)C[C@@]2(CCCc3cc(Cl)ccc32)CO4)C1. The molecule has 2 aromatic rings. The molecular weight excluding hydrogens is 646 g/mol. The van der Waals surface area contributed by atoms with Crippen LogP contribution < -0.4 is 14.4 Å². The van der Waals surface area contributed by atoms with E-state index in [9.17, 15) is 18.3 Å². The van der Waals surface area contributed by atoms with Crippen molar-refractivity contribution in [2.45, 2.75) is 94.8 Å². The third-order valence-corrected chi connectivity index (χ3v) is 14.8. The summed E-state index contributed by atoms with van der Waals surface area (Å²) in [5.41, 5.74) is 2.54. The van der Waals surface area contributed by atoms with Crippen LogP contribution in [0.4, 0.5) is 5.69 Å². The van der Waals surface area contributed by atoms with Gasteiger partial charge in [-0.15, -0.1) is 0 Å². The van der Waals surface area contributed by atoms with Gasteiger partial charge in [-0.2, -0.15) is 0 Å². The van der Waals surface area contributed by atoms with E-state index in [1.54, 1.807) is 13.0 Å². The summed E-state index contributed by atoms with van der Waals surface area (Å²) in [6.45, 7) is 10.6. The van der Waals surface area contributed by atoms with E-state index in [-0.39, 0.29) is 23.2 Å². The highest BCUT2D eigenvalue weighted by molar-refractivity contribution is 7.90. The van der Waals surface area contributed by atoms with E-state index >= 15 is 0 Å². The standard InChI is InChI=1S/C38H52ClN3O5S/c1-25-14-17-41(20-25)23-38(44)16-4-6-26(2)27(3)48(45,46)40-36(43)29-9-13-35-34(19-29)42(21-30-8-11-33(30)38)22-37(24-47-35)15-5-7-28-18-31(39)10-12-32(28)37/h9-10,12-13,18-19,25-27,30,33,44H,4-8,11,14-17,20-24H2,1-3H3,(H,40,43)/t25-,26+,27-,30+,33-,37+,38-/m1/s1. The van der Waals surface area contributed by atoms with Crippen LogP contribution in [-0.4, -0.2) is 74.5 Å². The highest BCUT2D eigenvalue weighted by atomic mass is 35.5. The maximum Gasteiger partial charge on any atom is 0.264 e. The number of nitrogens with one attached hydrogen (secondary N) is 1. The lowest BCUT2D eigenvalue weighted by Gasteiger charge is -2.51. The van der Waals surface area contributed by atoms with Crippen LogP contribution in [0.3, 0.4) is 0 Å². The summed E-state index contributed by atoms with van der Waals surface area (Å²) in [6, 6.07) is 11.6. The first kappa shape index (κ1) is 34.1. The summed E-state index contributed by atoms with van der Waals surface area (Å²) >= 11 is 6.46. The molecule has 7 atom stereocenters. The van der Waals surface area contributed by atoms with E-state index in [2.05, 4.69) is 33.6 Å². The predicted octanol–water partition coefficient (Wildman–Crippen LogP) is 6.18. The number of carbonyl (C=O) groups is 1. The third kappa shape index (κ3) is 6.49. The molecule has 3 heterocycles. The average molecular weight is 698 g/mol. The van der Waals surface area contributed by atoms with Gasteiger partial charge in [0, 0.05) is 42.2 Å². The van der Waals surface area contributed by atoms with E-state index in [4.69, 9.17) is 16.3 Å². The molecular formula is C38H52ClN3O5S. The van der Waals surface area contributed by atoms with Crippen LogP contribution in [0.15, 0.2) is 36.4 Å². The van der Waals surface area contributed by atoms with Gasteiger partial charge in [-0.3, -0.25) is 4.79 Å². The molecule has 2 N–H and O–H groups in total. The number of aliphatic hydroxyl groups is 1. The minimum Gasteiger partial charge on any atom is -0.490 e. The van der Waals surface area contributed by atoms with Crippen molar-refractivity contribution in [2.24, 2.45) is 23.7 Å². The Labute approximate surface area is 291 Å². The number of sulfonamides is 1. The molecule has 0 radical (unpaired) electrons. The Morgan fingerprint density at radius 1 is 1.02 bits per heavy atom. The lowest BCUT2D eigenvalue weighted by atomic mass is 9.62. The van der Waals surface area contributed by atoms with Crippen molar-refractivity contribution in [3.63, 3.8) is 0 Å². The normalized spacial score (nSPS) is 35.5. The maximum atomic E-state index is 13.5. The molecule has 262 valence electrons. The first-order valence-electron chi connectivity index (χ1n) is 18.2. The number of anilines is 1. The van der Waals surface area contributed by atoms with Gasteiger partial charge in [-0.25, -0.2) is 13.1 Å². The van der Waals surface area contributed by atoms with Gasteiger partial charge in [-0.1, -0.05) is 37.9 Å². The number of nitrogens with zero attached hydrogens (tertiary/aromatic N) is 2. The van der Waals surface area contributed by atoms with Crippen LogP contribution in [0.5, 0.6) is 5.75 Å². The van der Waals surface area contributed by atoms with E-state index in [0.29, 0.717) is 49.8 Å². The highest BCUT2D eigenvalue weighted by Crippen LogP contribution is 2.49. The summed E-state index contributed by atoms with van der Waals surface area (Å²) in [7, 11) is -3.92. The number of hydrogen-bond acceptors (Lipinski definition) is 7. The summed E-state index contributed by atoms with van der Waals surface area (Å²) in [5.74, 6) is 0.977. The number of benzene rings is 2. The Bertz CT molecular complexity index is 1650. The molecule has 2 fully saturated rings.